The van der Waals surface area contributed by atoms with Crippen LogP contribution in [0, 0.1) is 0 Å². The molecule has 0 saturated heterocycles. The lowest BCUT2D eigenvalue weighted by Crippen LogP contribution is -1.91. The molecule has 250 valence electrons. The molecule has 2 heterocycles. The zero-order chi connectivity index (χ0) is 35.3. The van der Waals surface area contributed by atoms with E-state index in [0.717, 1.165) is 21.9 Å². The topological polar surface area (TPSA) is 13.1 Å². The summed E-state index contributed by atoms with van der Waals surface area (Å²) in [6.07, 6.45) is 0. The van der Waals surface area contributed by atoms with Gasteiger partial charge in [-0.1, -0.05) is 140 Å². The van der Waals surface area contributed by atoms with Crippen LogP contribution in [0.5, 0.6) is 0 Å². The van der Waals surface area contributed by atoms with Gasteiger partial charge in [0.2, 0.25) is 0 Å². The van der Waals surface area contributed by atoms with E-state index < -0.39 is 0 Å². The average Bonchev–Trinajstić information content (AvgIpc) is 3.81. The molecule has 2 aromatic heterocycles. The lowest BCUT2D eigenvalue weighted by atomic mass is 9.85. The van der Waals surface area contributed by atoms with E-state index >= 15 is 0 Å². The van der Waals surface area contributed by atoms with E-state index in [4.69, 9.17) is 4.42 Å². The summed E-state index contributed by atoms with van der Waals surface area (Å²) >= 11 is 1.87. The molecule has 0 N–H and O–H groups in total. The molecule has 0 aliphatic rings. The zero-order valence-electron chi connectivity index (χ0n) is 29.1. The van der Waals surface area contributed by atoms with Crippen molar-refractivity contribution in [1.29, 1.82) is 0 Å². The van der Waals surface area contributed by atoms with E-state index in [0.29, 0.717) is 0 Å². The Morgan fingerprint density at radius 1 is 0.315 bits per heavy atom. The van der Waals surface area contributed by atoms with Gasteiger partial charge in [-0.3, -0.25) is 0 Å². The van der Waals surface area contributed by atoms with Gasteiger partial charge in [-0.25, -0.2) is 0 Å². The summed E-state index contributed by atoms with van der Waals surface area (Å²) in [5.41, 5.74) is 9.23. The zero-order valence-corrected chi connectivity index (χ0v) is 30.0. The molecule has 54 heavy (non-hydrogen) atoms. The Hall–Kier alpha value is -6.74. The highest BCUT2D eigenvalue weighted by atomic mass is 32.1. The Kier molecular flexibility index (Phi) is 6.28. The Morgan fingerprint density at radius 2 is 0.852 bits per heavy atom. The van der Waals surface area contributed by atoms with E-state index in [1.807, 2.05) is 11.3 Å². The van der Waals surface area contributed by atoms with Crippen LogP contribution < -0.4 is 0 Å². The van der Waals surface area contributed by atoms with Crippen molar-refractivity contribution in [3.8, 4) is 33.4 Å². The highest BCUT2D eigenvalue weighted by Gasteiger charge is 2.19. The molecule has 0 bridgehead atoms. The fraction of sp³-hybridized carbons (Fsp3) is 0. The van der Waals surface area contributed by atoms with E-state index in [-0.39, 0.29) is 0 Å². The molecular formula is C52H30OS. The quantitative estimate of drug-likeness (QED) is 0.167. The van der Waals surface area contributed by atoms with Gasteiger partial charge in [-0.05, 0) is 114 Å². The minimum Gasteiger partial charge on any atom is -0.455 e. The van der Waals surface area contributed by atoms with Crippen LogP contribution in [0.25, 0.3) is 119 Å². The van der Waals surface area contributed by atoms with Crippen LogP contribution >= 0.6 is 11.3 Å². The molecule has 0 aliphatic heterocycles. The maximum absolute atomic E-state index is 6.64. The minimum absolute atomic E-state index is 0.925. The van der Waals surface area contributed by atoms with Gasteiger partial charge in [0.1, 0.15) is 11.2 Å². The third-order valence-corrected chi connectivity index (χ3v) is 12.6. The van der Waals surface area contributed by atoms with Crippen molar-refractivity contribution < 1.29 is 4.42 Å². The first kappa shape index (κ1) is 29.8. The molecule has 0 saturated carbocycles. The normalized spacial score (nSPS) is 12.1. The molecule has 1 nitrogen and oxygen atoms in total. The molecular weight excluding hydrogens is 673 g/mol. The van der Waals surface area contributed by atoms with Crippen LogP contribution in [0.4, 0.5) is 0 Å². The largest absolute Gasteiger partial charge is 0.455 e. The SMILES string of the molecule is c1cc(-c2ccc3ccc4c(oc5ccc6ccccc6c54)c3c2)cc(-c2c3ccccc3c(-c3ccc4sc5ccccc5c4c3)c3ccccc23)c1. The molecule has 0 unspecified atom stereocenters. The number of rotatable bonds is 3. The van der Waals surface area contributed by atoms with Crippen molar-refractivity contribution in [2.24, 2.45) is 0 Å². The Morgan fingerprint density at radius 3 is 1.63 bits per heavy atom. The Labute approximate surface area is 314 Å². The van der Waals surface area contributed by atoms with Crippen molar-refractivity contribution in [2.45, 2.75) is 0 Å². The second kappa shape index (κ2) is 11.4. The summed E-state index contributed by atoms with van der Waals surface area (Å²) in [6.45, 7) is 0. The summed E-state index contributed by atoms with van der Waals surface area (Å²) in [4.78, 5) is 0. The second-order valence-electron chi connectivity index (χ2n) is 14.4. The molecule has 0 amide bonds. The smallest absolute Gasteiger partial charge is 0.143 e. The van der Waals surface area contributed by atoms with Gasteiger partial charge < -0.3 is 4.42 Å². The molecule has 12 aromatic rings. The highest BCUT2D eigenvalue weighted by Crippen LogP contribution is 2.46. The van der Waals surface area contributed by atoms with Crippen LogP contribution in [0.1, 0.15) is 0 Å². The van der Waals surface area contributed by atoms with Crippen LogP contribution in [0.2, 0.25) is 0 Å². The van der Waals surface area contributed by atoms with Crippen molar-refractivity contribution in [3.05, 3.63) is 182 Å². The summed E-state index contributed by atoms with van der Waals surface area (Å²) in [5, 5.41) is 14.8. The lowest BCUT2D eigenvalue weighted by Gasteiger charge is -2.18. The number of benzene rings is 10. The molecule has 2 heteroatoms. The Bertz CT molecular complexity index is 3450. The molecule has 12 rings (SSSR count). The first-order valence-electron chi connectivity index (χ1n) is 18.5. The predicted octanol–water partition coefficient (Wildman–Crippen LogP) is 15.6. The van der Waals surface area contributed by atoms with Crippen molar-refractivity contribution in [2.75, 3.05) is 0 Å². The van der Waals surface area contributed by atoms with Crippen molar-refractivity contribution >= 4 is 96.5 Å². The lowest BCUT2D eigenvalue weighted by molar-refractivity contribution is 0.673. The Balaban J connectivity index is 1.06. The van der Waals surface area contributed by atoms with Gasteiger partial charge in [-0.2, -0.15) is 0 Å². The average molecular weight is 703 g/mol. The molecule has 0 radical (unpaired) electrons. The number of thiophene rings is 1. The summed E-state index contributed by atoms with van der Waals surface area (Å²) in [5.74, 6) is 0. The van der Waals surface area contributed by atoms with Gasteiger partial charge in [0.25, 0.3) is 0 Å². The van der Waals surface area contributed by atoms with E-state index in [2.05, 4.69) is 182 Å². The number of furan rings is 1. The van der Waals surface area contributed by atoms with Crippen LogP contribution in [-0.4, -0.2) is 0 Å². The maximum atomic E-state index is 6.64. The number of fused-ring (bicyclic) bond motifs is 12. The summed E-state index contributed by atoms with van der Waals surface area (Å²) in [6, 6.07) is 66.8. The van der Waals surface area contributed by atoms with Crippen LogP contribution in [0.3, 0.4) is 0 Å². The van der Waals surface area contributed by atoms with Gasteiger partial charge in [-0.15, -0.1) is 11.3 Å². The van der Waals surface area contributed by atoms with Crippen molar-refractivity contribution in [1.82, 2.24) is 0 Å². The second-order valence-corrected chi connectivity index (χ2v) is 15.5. The monoisotopic (exact) mass is 702 g/mol. The molecule has 0 spiro atoms. The van der Waals surface area contributed by atoms with E-state index in [1.54, 1.807) is 0 Å². The van der Waals surface area contributed by atoms with Crippen molar-refractivity contribution in [3.63, 3.8) is 0 Å². The molecule has 10 aromatic carbocycles. The fourth-order valence-corrected chi connectivity index (χ4v) is 10.1. The third-order valence-electron chi connectivity index (χ3n) is 11.4. The van der Waals surface area contributed by atoms with Gasteiger partial charge in [0, 0.05) is 36.3 Å². The van der Waals surface area contributed by atoms with Crippen LogP contribution in [-0.2, 0) is 0 Å². The van der Waals surface area contributed by atoms with Gasteiger partial charge in [0.05, 0.1) is 0 Å². The first-order chi connectivity index (χ1) is 26.8. The maximum Gasteiger partial charge on any atom is 0.143 e. The highest BCUT2D eigenvalue weighted by molar-refractivity contribution is 7.25. The van der Waals surface area contributed by atoms with Gasteiger partial charge >= 0.3 is 0 Å². The molecule has 0 atom stereocenters. The predicted molar refractivity (Wildman–Crippen MR) is 233 cm³/mol. The molecule has 0 fully saturated rings. The van der Waals surface area contributed by atoms with E-state index in [9.17, 15) is 0 Å². The standard InChI is InChI=1S/C52H30OS/c1-2-13-37-31(10-1)23-26-46-51(37)43-25-22-32-20-21-34(29-44(32)52(43)53-46)33-11-9-12-35(28-33)49-39-15-3-5-17-41(39)50(42-18-6-4-16-40(42)49)36-24-27-48-45(30-36)38-14-7-8-19-47(38)54-48/h1-30H. The fourth-order valence-electron chi connectivity index (χ4n) is 8.99. The number of hydrogen-bond donors (Lipinski definition) is 0. The summed E-state index contributed by atoms with van der Waals surface area (Å²) < 4.78 is 9.30. The van der Waals surface area contributed by atoms with E-state index in [1.165, 1.54) is 96.6 Å². The van der Waals surface area contributed by atoms with Gasteiger partial charge in [0.15, 0.2) is 0 Å². The summed E-state index contributed by atoms with van der Waals surface area (Å²) in [7, 11) is 0. The first-order valence-corrected chi connectivity index (χ1v) is 19.3. The van der Waals surface area contributed by atoms with Crippen LogP contribution in [0.15, 0.2) is 186 Å². The number of hydrogen-bond acceptors (Lipinski definition) is 2. The minimum atomic E-state index is 0.925. The molecule has 0 aliphatic carbocycles. The third kappa shape index (κ3) is 4.32.